The Morgan fingerprint density at radius 2 is 1.11 bits per heavy atom. The number of halogens is 2. The van der Waals surface area contributed by atoms with Crippen molar-refractivity contribution >= 4 is 3.21 Å². The molecule has 0 amide bonds. The molecule has 0 bridgehead atoms. The number of aryl methyl sites for hydroxylation is 4. The number of hydrogen-bond acceptors (Lipinski definition) is 0. The number of benzene rings is 2. The fourth-order valence-corrected chi connectivity index (χ4v) is 12.3. The van der Waals surface area contributed by atoms with Gasteiger partial charge >= 0.3 is 125 Å². The van der Waals surface area contributed by atoms with Crippen molar-refractivity contribution in [2.45, 2.75) is 89.5 Å². The van der Waals surface area contributed by atoms with Crippen LogP contribution in [0.25, 0.3) is 0 Å². The molecule has 0 aliphatic heterocycles. The van der Waals surface area contributed by atoms with E-state index in [1.54, 1.807) is 0 Å². The summed E-state index contributed by atoms with van der Waals surface area (Å²) in [5.41, 5.74) is 9.92. The van der Waals surface area contributed by atoms with E-state index in [-0.39, 0.29) is 62.7 Å². The molecule has 8 rings (SSSR count). The normalized spacial score (nSPS) is 36.9. The maximum absolute atomic E-state index is 2.99. The third-order valence-corrected chi connectivity index (χ3v) is 17.6. The largest absolute Gasteiger partial charge is 1.00 e. The van der Waals surface area contributed by atoms with Crippen molar-refractivity contribution in [3.8, 4) is 0 Å². The van der Waals surface area contributed by atoms with Crippen molar-refractivity contribution in [1.82, 2.24) is 0 Å². The molecule has 2 aromatic carbocycles. The van der Waals surface area contributed by atoms with E-state index in [0.717, 1.165) is 6.42 Å². The van der Waals surface area contributed by atoms with Crippen LogP contribution in [0.2, 0.25) is 0 Å². The van der Waals surface area contributed by atoms with Crippen LogP contribution < -0.4 is 24.8 Å². The van der Waals surface area contributed by atoms with E-state index < -0.39 is 0 Å². The third kappa shape index (κ3) is 5.95. The van der Waals surface area contributed by atoms with Gasteiger partial charge in [0, 0.05) is 10.8 Å². The van der Waals surface area contributed by atoms with Crippen molar-refractivity contribution in [1.29, 1.82) is 0 Å². The molecule has 6 aliphatic carbocycles. The van der Waals surface area contributed by atoms with E-state index in [9.17, 15) is 0 Å². The zero-order valence-corrected chi connectivity index (χ0v) is 38.6. The van der Waals surface area contributed by atoms with Gasteiger partial charge in [0.1, 0.15) is 0 Å². The predicted molar refractivity (Wildman–Crippen MR) is 221 cm³/mol. The molecule has 284 valence electrons. The second kappa shape index (κ2) is 15.6. The van der Waals surface area contributed by atoms with Gasteiger partial charge in [0.2, 0.25) is 0 Å². The van der Waals surface area contributed by atoms with Gasteiger partial charge in [0.15, 0.2) is 0 Å². The Morgan fingerprint density at radius 1 is 0.630 bits per heavy atom. The van der Waals surface area contributed by atoms with Gasteiger partial charge in [-0.05, 0) is 28.6 Å². The molecule has 2 saturated carbocycles. The monoisotopic (exact) mass is 832 g/mol. The molecule has 0 N–H and O–H groups in total. The fourth-order valence-electron chi connectivity index (χ4n) is 11.5. The van der Waals surface area contributed by atoms with E-state index in [0.29, 0.717) is 5.92 Å². The van der Waals surface area contributed by atoms with Crippen molar-refractivity contribution in [2.75, 3.05) is 0 Å². The minimum Gasteiger partial charge on any atom is -1.00 e. The van der Waals surface area contributed by atoms with Gasteiger partial charge in [-0.25, -0.2) is 12.2 Å². The Kier molecular flexibility index (Phi) is 12.8. The van der Waals surface area contributed by atoms with Gasteiger partial charge in [0.25, 0.3) is 0 Å². The average molecular weight is 835 g/mol. The van der Waals surface area contributed by atoms with E-state index >= 15 is 0 Å². The SMILES string of the molecule is CC1=CC=CC2[CH-]C3(C)C4(C)C=CC=CC4(C)C4(C)C=CC=CC4(C)C3(C)C12C.Cc1ccc([C](=[Zr+2])c2ccc(C)c(C)c2)cc1C.[C-]1=CC=CC1.[Cl-].[Cl-]. The van der Waals surface area contributed by atoms with Gasteiger partial charge in [-0.2, -0.15) is 6.08 Å². The van der Waals surface area contributed by atoms with Crippen molar-refractivity contribution in [2.24, 2.45) is 43.8 Å². The molecule has 0 saturated heterocycles. The molecule has 0 nitrogen and oxygen atoms in total. The van der Waals surface area contributed by atoms with Crippen LogP contribution >= 0.6 is 0 Å². The number of fused-ring (bicyclic) bond motifs is 8. The van der Waals surface area contributed by atoms with Crippen LogP contribution in [0.1, 0.15) is 95.2 Å². The minimum absolute atomic E-state index is 0. The summed E-state index contributed by atoms with van der Waals surface area (Å²) < 4.78 is 1.44. The summed E-state index contributed by atoms with van der Waals surface area (Å²) in [5, 5.41) is 0. The fraction of sp³-hybridized carbons (Fsp3) is 0.412. The molecule has 8 atom stereocenters. The zero-order valence-electron chi connectivity index (χ0n) is 34.7. The quantitative estimate of drug-likeness (QED) is 0.287. The summed E-state index contributed by atoms with van der Waals surface area (Å²) >= 11 is 1.47. The molecule has 2 fully saturated rings. The molecule has 3 heteroatoms. The molecule has 0 radical (unpaired) electrons. The Morgan fingerprint density at radius 3 is 1.56 bits per heavy atom. The van der Waals surface area contributed by atoms with Gasteiger partial charge < -0.3 is 31.2 Å². The van der Waals surface area contributed by atoms with Gasteiger partial charge in [0.05, 0.1) is 0 Å². The van der Waals surface area contributed by atoms with Crippen molar-refractivity contribution in [3.05, 3.63) is 173 Å². The molecule has 8 unspecified atom stereocenters. The predicted octanol–water partition coefficient (Wildman–Crippen LogP) is 7.00. The smallest absolute Gasteiger partial charge is 0.109 e. The summed E-state index contributed by atoms with van der Waals surface area (Å²) in [6.07, 6.45) is 39.3. The standard InChI is InChI=1S/C29H37.C17H18.C5H5.2ClH.Zr/c1-21-14-13-15-22-20-27(6)25(4)18-10-9-16-23(25,2)24(3)17-11-12-19-26(24,5)29(27,8)28(21,22)7;1-12-5-7-16(9-14(12)3)11-17-8-6-13(2)15(4)10-17;1-2-4-5-3-1;;;/h9-20,22H,1-8H3;5-10H,1-4H3;1-3H,4H2;2*1H;/q-1;;-1;;;+2/p-2. The number of hydrogen-bond donors (Lipinski definition) is 0. The van der Waals surface area contributed by atoms with Crippen LogP contribution in [0.5, 0.6) is 0 Å². The summed E-state index contributed by atoms with van der Waals surface area (Å²) in [6, 6.07) is 13.5. The number of rotatable bonds is 2. The maximum Gasteiger partial charge on any atom is -0.109 e. The van der Waals surface area contributed by atoms with Crippen LogP contribution in [0, 0.1) is 84.0 Å². The molecule has 0 spiro atoms. The van der Waals surface area contributed by atoms with Crippen LogP contribution in [0.15, 0.2) is 127 Å². The molecular weight excluding hydrogens is 775 g/mol. The first-order valence-electron chi connectivity index (χ1n) is 19.3. The van der Waals surface area contributed by atoms with Gasteiger partial charge in [-0.3, -0.25) is 6.08 Å². The maximum atomic E-state index is 2.99. The summed E-state index contributed by atoms with van der Waals surface area (Å²) in [4.78, 5) is 0. The Bertz CT molecular complexity index is 1970. The molecule has 2 aromatic rings. The second-order valence-electron chi connectivity index (χ2n) is 17.7. The van der Waals surface area contributed by atoms with Crippen LogP contribution in [-0.2, 0) is 24.2 Å². The molecule has 0 aromatic heterocycles. The number of allylic oxidation sites excluding steroid dienone is 16. The first-order valence-corrected chi connectivity index (χ1v) is 20.5. The van der Waals surface area contributed by atoms with Crippen LogP contribution in [-0.4, -0.2) is 3.21 Å². The van der Waals surface area contributed by atoms with E-state index in [1.807, 2.05) is 12.2 Å². The van der Waals surface area contributed by atoms with Crippen molar-refractivity contribution < 1.29 is 49.0 Å². The molecule has 6 aliphatic rings. The first kappa shape index (κ1) is 44.4. The molecule has 0 heterocycles. The molecule has 54 heavy (non-hydrogen) atoms. The second-order valence-corrected chi connectivity index (χ2v) is 18.9. The van der Waals surface area contributed by atoms with Crippen LogP contribution in [0.4, 0.5) is 0 Å². The Hall–Kier alpha value is -2.31. The Labute approximate surface area is 356 Å². The van der Waals surface area contributed by atoms with Gasteiger partial charge in [-0.1, -0.05) is 115 Å². The zero-order chi connectivity index (χ0) is 38.0. The van der Waals surface area contributed by atoms with Crippen molar-refractivity contribution in [3.63, 3.8) is 0 Å². The topological polar surface area (TPSA) is 0 Å². The first-order chi connectivity index (χ1) is 24.4. The minimum atomic E-state index is 0. The third-order valence-electron chi connectivity index (χ3n) is 16.2. The molecular formula is C51H60Cl2Zr-2. The summed E-state index contributed by atoms with van der Waals surface area (Å²) in [7, 11) is 0. The summed E-state index contributed by atoms with van der Waals surface area (Å²) in [5.74, 6) is 0.460. The summed E-state index contributed by atoms with van der Waals surface area (Å²) in [6.45, 7) is 29.0. The average Bonchev–Trinajstić information content (AvgIpc) is 3.77. The van der Waals surface area contributed by atoms with Gasteiger partial charge in [-0.15, -0.1) is 23.8 Å². The van der Waals surface area contributed by atoms with Crippen LogP contribution in [0.3, 0.4) is 0 Å². The van der Waals surface area contributed by atoms with E-state index in [1.165, 1.54) is 66.4 Å². The Balaban J connectivity index is 0.000000222. The van der Waals surface area contributed by atoms with E-state index in [4.69, 9.17) is 0 Å². The van der Waals surface area contributed by atoms with E-state index in [2.05, 4.69) is 205 Å².